The molecule has 0 bridgehead atoms. The summed E-state index contributed by atoms with van der Waals surface area (Å²) >= 11 is 0. The third-order valence-corrected chi connectivity index (χ3v) is 2.59. The van der Waals surface area contributed by atoms with E-state index in [-0.39, 0.29) is 12.5 Å². The molecule has 1 aromatic rings. The summed E-state index contributed by atoms with van der Waals surface area (Å²) in [5.74, 6) is 0.304. The first-order valence-corrected chi connectivity index (χ1v) is 6.01. The summed E-state index contributed by atoms with van der Waals surface area (Å²) < 4.78 is 5.12. The number of amides is 1. The second-order valence-electron chi connectivity index (χ2n) is 4.00. The van der Waals surface area contributed by atoms with Gasteiger partial charge in [0.25, 0.3) is 5.91 Å². The van der Waals surface area contributed by atoms with Crippen LogP contribution in [0.4, 0.5) is 5.69 Å². The molecule has 100 valence electrons. The number of carbonyl (C=O) groups excluding carboxylic acids is 1. The molecule has 4 N–H and O–H groups in total. The van der Waals surface area contributed by atoms with Gasteiger partial charge in [0.15, 0.2) is 0 Å². The summed E-state index contributed by atoms with van der Waals surface area (Å²) in [4.78, 5) is 11.9. The summed E-state index contributed by atoms with van der Waals surface area (Å²) in [6, 6.07) is 4.95. The van der Waals surface area contributed by atoms with Crippen molar-refractivity contribution in [2.75, 3.05) is 26.0 Å². The minimum Gasteiger partial charge on any atom is -0.496 e. The van der Waals surface area contributed by atoms with Gasteiger partial charge in [0, 0.05) is 24.9 Å². The Hall–Kier alpha value is -1.75. The maximum Gasteiger partial charge on any atom is 0.255 e. The standard InChI is InChI=1S/C13H20N2O3/c1-18-12-9-10(14)5-6-11(12)13(17)15-7-3-2-4-8-16/h5-6,9,16H,2-4,7-8,14H2,1H3,(H,15,17). The number of hydrogen-bond donors (Lipinski definition) is 3. The van der Waals surface area contributed by atoms with Crippen LogP contribution in [0, 0.1) is 0 Å². The summed E-state index contributed by atoms with van der Waals surface area (Å²) in [6.45, 7) is 0.784. The van der Waals surface area contributed by atoms with Crippen molar-refractivity contribution in [1.29, 1.82) is 0 Å². The summed E-state index contributed by atoms with van der Waals surface area (Å²) in [5, 5.41) is 11.4. The lowest BCUT2D eigenvalue weighted by Crippen LogP contribution is -2.25. The van der Waals surface area contributed by atoms with Crippen LogP contribution in [-0.2, 0) is 0 Å². The van der Waals surface area contributed by atoms with Crippen LogP contribution in [0.5, 0.6) is 5.75 Å². The minimum absolute atomic E-state index is 0.171. The van der Waals surface area contributed by atoms with Crippen molar-refractivity contribution in [2.45, 2.75) is 19.3 Å². The first kappa shape index (κ1) is 14.3. The smallest absolute Gasteiger partial charge is 0.255 e. The first-order chi connectivity index (χ1) is 8.69. The number of nitrogen functional groups attached to an aromatic ring is 1. The maximum atomic E-state index is 11.9. The highest BCUT2D eigenvalue weighted by Crippen LogP contribution is 2.21. The van der Waals surface area contributed by atoms with Crippen molar-refractivity contribution in [3.8, 4) is 5.75 Å². The topological polar surface area (TPSA) is 84.6 Å². The third-order valence-electron chi connectivity index (χ3n) is 2.59. The van der Waals surface area contributed by atoms with Gasteiger partial charge in [0.1, 0.15) is 5.75 Å². The van der Waals surface area contributed by atoms with Gasteiger partial charge in [-0.2, -0.15) is 0 Å². The minimum atomic E-state index is -0.171. The number of nitrogens with two attached hydrogens (primary N) is 1. The molecule has 0 heterocycles. The highest BCUT2D eigenvalue weighted by atomic mass is 16.5. The summed E-state index contributed by atoms with van der Waals surface area (Å²) in [5.41, 5.74) is 6.66. The van der Waals surface area contributed by atoms with Gasteiger partial charge in [0.2, 0.25) is 0 Å². The summed E-state index contributed by atoms with van der Waals surface area (Å²) in [6.07, 6.45) is 2.51. The number of carbonyl (C=O) groups is 1. The second-order valence-corrected chi connectivity index (χ2v) is 4.00. The third kappa shape index (κ3) is 4.25. The molecule has 0 aliphatic heterocycles. The monoisotopic (exact) mass is 252 g/mol. The van der Waals surface area contributed by atoms with Gasteiger partial charge in [-0.3, -0.25) is 4.79 Å². The van der Waals surface area contributed by atoms with Crippen molar-refractivity contribution < 1.29 is 14.6 Å². The second kappa shape index (κ2) is 7.55. The van der Waals surface area contributed by atoms with Crippen LogP contribution in [0.25, 0.3) is 0 Å². The number of ether oxygens (including phenoxy) is 1. The van der Waals surface area contributed by atoms with E-state index in [1.165, 1.54) is 7.11 Å². The van der Waals surface area contributed by atoms with Gasteiger partial charge in [-0.15, -0.1) is 0 Å². The lowest BCUT2D eigenvalue weighted by atomic mass is 10.1. The Labute approximate surface area is 107 Å². The van der Waals surface area contributed by atoms with E-state index in [4.69, 9.17) is 15.6 Å². The van der Waals surface area contributed by atoms with Gasteiger partial charge in [-0.25, -0.2) is 0 Å². The largest absolute Gasteiger partial charge is 0.496 e. The zero-order valence-corrected chi connectivity index (χ0v) is 10.6. The Bertz CT molecular complexity index is 394. The van der Waals surface area contributed by atoms with Crippen molar-refractivity contribution in [2.24, 2.45) is 0 Å². The number of methoxy groups -OCH3 is 1. The zero-order chi connectivity index (χ0) is 13.4. The molecule has 18 heavy (non-hydrogen) atoms. The van der Waals surface area contributed by atoms with Crippen LogP contribution in [0.3, 0.4) is 0 Å². The Morgan fingerprint density at radius 2 is 2.17 bits per heavy atom. The average Bonchev–Trinajstić information content (AvgIpc) is 2.38. The number of nitrogens with one attached hydrogen (secondary N) is 1. The van der Waals surface area contributed by atoms with E-state index in [2.05, 4.69) is 5.32 Å². The fourth-order valence-electron chi connectivity index (χ4n) is 1.61. The molecule has 1 rings (SSSR count). The molecule has 0 saturated heterocycles. The molecule has 0 atom stereocenters. The SMILES string of the molecule is COc1cc(N)ccc1C(=O)NCCCCCO. The molecule has 0 aliphatic rings. The lowest BCUT2D eigenvalue weighted by molar-refractivity contribution is 0.0950. The molecule has 0 aromatic heterocycles. The van der Waals surface area contributed by atoms with Crippen molar-refractivity contribution in [3.63, 3.8) is 0 Å². The predicted molar refractivity (Wildman–Crippen MR) is 70.7 cm³/mol. The number of anilines is 1. The quantitative estimate of drug-likeness (QED) is 0.502. The molecule has 1 amide bonds. The van der Waals surface area contributed by atoms with Gasteiger partial charge < -0.3 is 20.9 Å². The fourth-order valence-corrected chi connectivity index (χ4v) is 1.61. The summed E-state index contributed by atoms with van der Waals surface area (Å²) in [7, 11) is 1.51. The van der Waals surface area contributed by atoms with E-state index < -0.39 is 0 Å². The molecule has 5 nitrogen and oxygen atoms in total. The number of aliphatic hydroxyl groups is 1. The average molecular weight is 252 g/mol. The van der Waals surface area contributed by atoms with Crippen LogP contribution in [0.15, 0.2) is 18.2 Å². The maximum absolute atomic E-state index is 11.9. The van der Waals surface area contributed by atoms with E-state index >= 15 is 0 Å². The lowest BCUT2D eigenvalue weighted by Gasteiger charge is -2.09. The van der Waals surface area contributed by atoms with E-state index in [0.29, 0.717) is 23.5 Å². The van der Waals surface area contributed by atoms with Crippen molar-refractivity contribution in [1.82, 2.24) is 5.32 Å². The Morgan fingerprint density at radius 3 is 2.83 bits per heavy atom. The highest BCUT2D eigenvalue weighted by Gasteiger charge is 2.11. The van der Waals surface area contributed by atoms with E-state index in [9.17, 15) is 4.79 Å². The Morgan fingerprint density at radius 1 is 1.39 bits per heavy atom. The molecule has 0 radical (unpaired) electrons. The number of hydrogen-bond acceptors (Lipinski definition) is 4. The Kier molecular flexibility index (Phi) is 6.00. The van der Waals surface area contributed by atoms with Gasteiger partial charge >= 0.3 is 0 Å². The molecule has 0 fully saturated rings. The first-order valence-electron chi connectivity index (χ1n) is 6.01. The highest BCUT2D eigenvalue weighted by molar-refractivity contribution is 5.97. The molecule has 1 aromatic carbocycles. The van der Waals surface area contributed by atoms with Crippen LogP contribution in [0.2, 0.25) is 0 Å². The molecule has 0 spiro atoms. The number of aliphatic hydroxyl groups excluding tert-OH is 1. The fraction of sp³-hybridized carbons (Fsp3) is 0.462. The molecule has 0 saturated carbocycles. The van der Waals surface area contributed by atoms with Gasteiger partial charge in [0.05, 0.1) is 12.7 Å². The van der Waals surface area contributed by atoms with E-state index in [1.54, 1.807) is 18.2 Å². The number of unbranched alkanes of at least 4 members (excludes halogenated alkanes) is 2. The Balaban J connectivity index is 2.51. The molecule has 0 aliphatic carbocycles. The van der Waals surface area contributed by atoms with Crippen LogP contribution in [-0.4, -0.2) is 31.3 Å². The molecule has 5 heteroatoms. The van der Waals surface area contributed by atoms with Crippen LogP contribution >= 0.6 is 0 Å². The molecule has 0 unspecified atom stereocenters. The number of rotatable bonds is 7. The van der Waals surface area contributed by atoms with Gasteiger partial charge in [-0.1, -0.05) is 0 Å². The van der Waals surface area contributed by atoms with Crippen molar-refractivity contribution in [3.05, 3.63) is 23.8 Å². The van der Waals surface area contributed by atoms with E-state index in [1.807, 2.05) is 0 Å². The predicted octanol–water partition coefficient (Wildman–Crippen LogP) is 1.17. The molecular weight excluding hydrogens is 232 g/mol. The van der Waals surface area contributed by atoms with Crippen LogP contribution in [0.1, 0.15) is 29.6 Å². The van der Waals surface area contributed by atoms with E-state index in [0.717, 1.165) is 19.3 Å². The van der Waals surface area contributed by atoms with Crippen LogP contribution < -0.4 is 15.8 Å². The number of benzene rings is 1. The zero-order valence-electron chi connectivity index (χ0n) is 10.6. The van der Waals surface area contributed by atoms with Gasteiger partial charge in [-0.05, 0) is 31.4 Å². The normalized spacial score (nSPS) is 10.1. The van der Waals surface area contributed by atoms with Crippen molar-refractivity contribution >= 4 is 11.6 Å². The molecular formula is C13H20N2O3.